The summed E-state index contributed by atoms with van der Waals surface area (Å²) < 4.78 is 4.95. The third-order valence-electron chi connectivity index (χ3n) is 4.36. The number of nitrogens with one attached hydrogen (secondary N) is 1. The van der Waals surface area contributed by atoms with Gasteiger partial charge in [-0.25, -0.2) is 0 Å². The minimum atomic E-state index is -0.0986. The topological polar surface area (TPSA) is 62.6 Å². The second-order valence-corrected chi connectivity index (χ2v) is 6.44. The van der Waals surface area contributed by atoms with E-state index in [1.165, 1.54) is 12.5 Å². The van der Waals surface area contributed by atoms with E-state index in [4.69, 9.17) is 16.0 Å². The molecule has 0 bridgehead atoms. The van der Waals surface area contributed by atoms with Gasteiger partial charge in [-0.15, -0.1) is 0 Å². The summed E-state index contributed by atoms with van der Waals surface area (Å²) in [6.45, 7) is 3.05. The Labute approximate surface area is 145 Å². The van der Waals surface area contributed by atoms with E-state index >= 15 is 0 Å². The highest BCUT2D eigenvalue weighted by atomic mass is 35.5. The molecule has 0 aliphatic carbocycles. The third kappa shape index (κ3) is 3.62. The Kier molecular flexibility index (Phi) is 4.90. The maximum Gasteiger partial charge on any atom is 0.257 e. The lowest BCUT2D eigenvalue weighted by Crippen LogP contribution is -2.41. The summed E-state index contributed by atoms with van der Waals surface area (Å²) in [7, 11) is 0. The van der Waals surface area contributed by atoms with Crippen LogP contribution in [0.1, 0.15) is 28.8 Å². The summed E-state index contributed by atoms with van der Waals surface area (Å²) in [5.74, 6) is -0.170. The number of furan rings is 1. The molecule has 1 fully saturated rings. The quantitative estimate of drug-likeness (QED) is 0.921. The normalized spacial score (nSPS) is 15.3. The Hall–Kier alpha value is -2.27. The number of hydrogen-bond donors (Lipinski definition) is 1. The number of aryl methyl sites for hydroxylation is 1. The van der Waals surface area contributed by atoms with E-state index in [1.807, 2.05) is 19.1 Å². The first-order chi connectivity index (χ1) is 11.5. The summed E-state index contributed by atoms with van der Waals surface area (Å²) in [6, 6.07) is 7.13. The van der Waals surface area contributed by atoms with Gasteiger partial charge in [0.05, 0.1) is 11.8 Å². The predicted octanol–water partition coefficient (Wildman–Crippen LogP) is 3.73. The van der Waals surface area contributed by atoms with Gasteiger partial charge in [-0.05, 0) is 43.5 Å². The Morgan fingerprint density at radius 3 is 2.62 bits per heavy atom. The van der Waals surface area contributed by atoms with Gasteiger partial charge in [0, 0.05) is 29.7 Å². The van der Waals surface area contributed by atoms with Gasteiger partial charge < -0.3 is 14.6 Å². The van der Waals surface area contributed by atoms with E-state index in [2.05, 4.69) is 5.32 Å². The van der Waals surface area contributed by atoms with Crippen molar-refractivity contribution < 1.29 is 14.0 Å². The van der Waals surface area contributed by atoms with Gasteiger partial charge in [0.25, 0.3) is 5.91 Å². The smallest absolute Gasteiger partial charge is 0.257 e. The number of hydrogen-bond acceptors (Lipinski definition) is 3. The van der Waals surface area contributed by atoms with Crippen LogP contribution in [0.15, 0.2) is 41.2 Å². The van der Waals surface area contributed by atoms with Crippen molar-refractivity contribution in [2.75, 3.05) is 18.4 Å². The average Bonchev–Trinajstić information content (AvgIpc) is 3.12. The molecule has 2 amide bonds. The van der Waals surface area contributed by atoms with Crippen LogP contribution in [0, 0.1) is 12.8 Å². The SMILES string of the molecule is Cc1ccc(NC(=O)C2CCN(C(=O)c3ccoc3)CC2)cc1Cl. The van der Waals surface area contributed by atoms with E-state index in [-0.39, 0.29) is 17.7 Å². The molecule has 126 valence electrons. The monoisotopic (exact) mass is 346 g/mol. The van der Waals surface area contributed by atoms with Crippen molar-refractivity contribution in [1.29, 1.82) is 0 Å². The average molecular weight is 347 g/mol. The van der Waals surface area contributed by atoms with E-state index in [9.17, 15) is 9.59 Å². The summed E-state index contributed by atoms with van der Waals surface area (Å²) in [6.07, 6.45) is 4.23. The molecule has 0 atom stereocenters. The number of benzene rings is 1. The Balaban J connectivity index is 1.55. The van der Waals surface area contributed by atoms with E-state index in [0.717, 1.165) is 5.56 Å². The zero-order valence-corrected chi connectivity index (χ0v) is 14.2. The van der Waals surface area contributed by atoms with Crippen molar-refractivity contribution in [3.63, 3.8) is 0 Å². The molecule has 1 aromatic carbocycles. The summed E-state index contributed by atoms with van der Waals surface area (Å²) >= 11 is 6.08. The van der Waals surface area contributed by atoms with Gasteiger partial charge in [-0.3, -0.25) is 9.59 Å². The van der Waals surface area contributed by atoms with Gasteiger partial charge in [-0.1, -0.05) is 17.7 Å². The highest BCUT2D eigenvalue weighted by Crippen LogP contribution is 2.23. The molecule has 5 nitrogen and oxygen atoms in total. The van der Waals surface area contributed by atoms with Crippen molar-refractivity contribution in [1.82, 2.24) is 4.90 Å². The molecule has 2 heterocycles. The molecular weight excluding hydrogens is 328 g/mol. The Bertz CT molecular complexity index is 735. The van der Waals surface area contributed by atoms with Crippen molar-refractivity contribution in [3.05, 3.63) is 52.9 Å². The molecule has 6 heteroatoms. The number of carbonyl (C=O) groups is 2. The molecule has 1 N–H and O–H groups in total. The van der Waals surface area contributed by atoms with Crippen LogP contribution in [-0.2, 0) is 4.79 Å². The fourth-order valence-electron chi connectivity index (χ4n) is 2.83. The number of nitrogens with zero attached hydrogens (tertiary/aromatic N) is 1. The Morgan fingerprint density at radius 2 is 2.00 bits per heavy atom. The summed E-state index contributed by atoms with van der Waals surface area (Å²) in [5, 5.41) is 3.54. The van der Waals surface area contributed by atoms with Gasteiger partial charge in [0.15, 0.2) is 0 Å². The second kappa shape index (κ2) is 7.09. The highest BCUT2D eigenvalue weighted by molar-refractivity contribution is 6.31. The lowest BCUT2D eigenvalue weighted by atomic mass is 9.95. The molecule has 0 spiro atoms. The molecule has 1 aromatic heterocycles. The zero-order chi connectivity index (χ0) is 17.1. The zero-order valence-electron chi connectivity index (χ0n) is 13.4. The fraction of sp³-hybridized carbons (Fsp3) is 0.333. The minimum Gasteiger partial charge on any atom is -0.472 e. The van der Waals surface area contributed by atoms with Crippen LogP contribution < -0.4 is 5.32 Å². The first-order valence-corrected chi connectivity index (χ1v) is 8.31. The van der Waals surface area contributed by atoms with Crippen molar-refractivity contribution in [2.24, 2.45) is 5.92 Å². The van der Waals surface area contributed by atoms with E-state index < -0.39 is 0 Å². The second-order valence-electron chi connectivity index (χ2n) is 6.03. The van der Waals surface area contributed by atoms with Gasteiger partial charge in [0.2, 0.25) is 5.91 Å². The predicted molar refractivity (Wildman–Crippen MR) is 92.2 cm³/mol. The standard InChI is InChI=1S/C18H19ClN2O3/c1-12-2-3-15(10-16(12)19)20-17(22)13-4-7-21(8-5-13)18(23)14-6-9-24-11-14/h2-3,6,9-11,13H,4-5,7-8H2,1H3,(H,20,22). The van der Waals surface area contributed by atoms with Crippen molar-refractivity contribution >= 4 is 29.1 Å². The number of amides is 2. The Morgan fingerprint density at radius 1 is 1.25 bits per heavy atom. The van der Waals surface area contributed by atoms with Crippen molar-refractivity contribution in [3.8, 4) is 0 Å². The molecule has 0 radical (unpaired) electrons. The molecule has 1 aliphatic heterocycles. The van der Waals surface area contributed by atoms with Crippen LogP contribution >= 0.6 is 11.6 Å². The molecule has 1 saturated heterocycles. The molecule has 0 unspecified atom stereocenters. The van der Waals surface area contributed by atoms with E-state index in [0.29, 0.717) is 42.2 Å². The maximum absolute atomic E-state index is 12.4. The molecule has 2 aromatic rings. The number of carbonyl (C=O) groups excluding carboxylic acids is 2. The number of rotatable bonds is 3. The number of piperidine rings is 1. The lowest BCUT2D eigenvalue weighted by molar-refractivity contribution is -0.121. The van der Waals surface area contributed by atoms with Crippen LogP contribution in [0.3, 0.4) is 0 Å². The number of likely N-dealkylation sites (tertiary alicyclic amines) is 1. The summed E-state index contributed by atoms with van der Waals surface area (Å²) in [4.78, 5) is 26.4. The minimum absolute atomic E-state index is 0.0228. The number of halogens is 1. The third-order valence-corrected chi connectivity index (χ3v) is 4.77. The molecule has 24 heavy (non-hydrogen) atoms. The van der Waals surface area contributed by atoms with E-state index in [1.54, 1.807) is 17.0 Å². The van der Waals surface area contributed by atoms with Crippen molar-refractivity contribution in [2.45, 2.75) is 19.8 Å². The maximum atomic E-state index is 12.4. The molecule has 3 rings (SSSR count). The molecule has 0 saturated carbocycles. The highest BCUT2D eigenvalue weighted by Gasteiger charge is 2.28. The number of anilines is 1. The van der Waals surface area contributed by atoms with Crippen LogP contribution in [-0.4, -0.2) is 29.8 Å². The van der Waals surface area contributed by atoms with Crippen LogP contribution in [0.4, 0.5) is 5.69 Å². The molecule has 1 aliphatic rings. The summed E-state index contributed by atoms with van der Waals surface area (Å²) in [5.41, 5.74) is 2.22. The first kappa shape index (κ1) is 16.6. The fourth-order valence-corrected chi connectivity index (χ4v) is 3.01. The van der Waals surface area contributed by atoms with Crippen LogP contribution in [0.5, 0.6) is 0 Å². The van der Waals surface area contributed by atoms with Gasteiger partial charge in [0.1, 0.15) is 6.26 Å². The lowest BCUT2D eigenvalue weighted by Gasteiger charge is -2.31. The largest absolute Gasteiger partial charge is 0.472 e. The van der Waals surface area contributed by atoms with Gasteiger partial charge >= 0.3 is 0 Å². The first-order valence-electron chi connectivity index (χ1n) is 7.93. The van der Waals surface area contributed by atoms with Crippen LogP contribution in [0.25, 0.3) is 0 Å². The van der Waals surface area contributed by atoms with Gasteiger partial charge in [-0.2, -0.15) is 0 Å². The molecular formula is C18H19ClN2O3. The van der Waals surface area contributed by atoms with Crippen LogP contribution in [0.2, 0.25) is 5.02 Å².